The topological polar surface area (TPSA) is 65.1 Å². The number of anilines is 1. The second kappa shape index (κ2) is 10.3. The van der Waals surface area contributed by atoms with Crippen molar-refractivity contribution < 1.29 is 23.8 Å². The van der Waals surface area contributed by atoms with E-state index in [1.807, 2.05) is 11.0 Å². The summed E-state index contributed by atoms with van der Waals surface area (Å²) >= 11 is 4.41. The quantitative estimate of drug-likeness (QED) is 0.406. The number of methoxy groups -OCH3 is 1. The monoisotopic (exact) mass is 523 g/mol. The van der Waals surface area contributed by atoms with Gasteiger partial charge in [0.2, 0.25) is 5.91 Å². The van der Waals surface area contributed by atoms with Crippen molar-refractivity contribution in [3.05, 3.63) is 15.8 Å². The molecule has 2 aliphatic carbocycles. The fraction of sp³-hybridized carbons (Fsp3) is 0.667. The molecule has 1 aliphatic heterocycles. The molecule has 1 spiro atoms. The summed E-state index contributed by atoms with van der Waals surface area (Å²) in [5.41, 5.74) is 0.630. The summed E-state index contributed by atoms with van der Waals surface area (Å²) in [4.78, 5) is 32.3. The molecule has 0 aromatic carbocycles. The minimum atomic E-state index is -0.502. The smallest absolute Gasteiger partial charge is 0.350 e. The lowest BCUT2D eigenvalue weighted by Crippen LogP contribution is -2.49. The van der Waals surface area contributed by atoms with Crippen LogP contribution in [0.5, 0.6) is 0 Å². The Bertz CT molecular complexity index is 895. The van der Waals surface area contributed by atoms with E-state index in [1.54, 1.807) is 0 Å². The number of halogens is 1. The zero-order chi connectivity index (χ0) is 22.7. The van der Waals surface area contributed by atoms with Crippen LogP contribution in [0.15, 0.2) is 6.07 Å². The molecule has 0 radical (unpaired) electrons. The van der Waals surface area contributed by atoms with Crippen LogP contribution in [-0.4, -0.2) is 44.0 Å². The lowest BCUT2D eigenvalue weighted by Gasteiger charge is -2.42. The first-order chi connectivity index (χ1) is 15.5. The molecule has 1 aromatic rings. The van der Waals surface area contributed by atoms with E-state index in [4.69, 9.17) is 14.2 Å². The molecular weight excluding hydrogens is 494 g/mol. The van der Waals surface area contributed by atoms with Gasteiger partial charge in [0.1, 0.15) is 4.88 Å². The average Bonchev–Trinajstić information content (AvgIpc) is 3.43. The molecule has 2 saturated carbocycles. The third-order valence-corrected chi connectivity index (χ3v) is 8.23. The SMILES string of the molecule is COC(=O)c1sc(C#CBr)cc1N(C(=O)[C@H]1CC[C@H](C)CC1)C1CCC2(CC1)OCCO2. The Balaban J connectivity index is 1.67. The van der Waals surface area contributed by atoms with Crippen molar-refractivity contribution in [1.82, 2.24) is 0 Å². The zero-order valence-electron chi connectivity index (χ0n) is 18.7. The number of esters is 1. The van der Waals surface area contributed by atoms with Gasteiger partial charge < -0.3 is 19.1 Å². The van der Waals surface area contributed by atoms with Gasteiger partial charge in [0.15, 0.2) is 5.79 Å². The highest BCUT2D eigenvalue weighted by Gasteiger charge is 2.44. The van der Waals surface area contributed by atoms with Gasteiger partial charge in [-0.25, -0.2) is 4.79 Å². The van der Waals surface area contributed by atoms with Gasteiger partial charge in [0.05, 0.1) is 30.9 Å². The number of hydrogen-bond acceptors (Lipinski definition) is 6. The molecule has 3 fully saturated rings. The van der Waals surface area contributed by atoms with E-state index in [0.29, 0.717) is 29.7 Å². The van der Waals surface area contributed by atoms with Crippen LogP contribution >= 0.6 is 27.3 Å². The third kappa shape index (κ3) is 4.91. The summed E-state index contributed by atoms with van der Waals surface area (Å²) in [6.07, 6.45) is 6.94. The van der Waals surface area contributed by atoms with Crippen LogP contribution in [-0.2, 0) is 19.0 Å². The minimum absolute atomic E-state index is 0.0111. The molecule has 0 unspecified atom stereocenters. The molecule has 1 saturated heterocycles. The van der Waals surface area contributed by atoms with E-state index in [-0.39, 0.29) is 17.9 Å². The number of carbonyl (C=O) groups excluding carboxylic acids is 2. The minimum Gasteiger partial charge on any atom is -0.465 e. The molecule has 0 atom stereocenters. The predicted octanol–water partition coefficient (Wildman–Crippen LogP) is 5.08. The number of amides is 1. The van der Waals surface area contributed by atoms with Crippen LogP contribution in [0.4, 0.5) is 5.69 Å². The number of carbonyl (C=O) groups is 2. The van der Waals surface area contributed by atoms with Crippen LogP contribution in [0.3, 0.4) is 0 Å². The summed E-state index contributed by atoms with van der Waals surface area (Å²) in [5, 5.41) is 0. The standard InChI is InChI=1S/C24H30BrNO5S/c1-16-3-5-17(6-4-16)22(27)26(18-7-10-24(11-8-18)30-13-14-31-24)20-15-19(9-12-25)32-21(20)23(28)29-2/h15-18H,3-8,10-11,13-14H2,1-2H3/t16-,17-. The largest absolute Gasteiger partial charge is 0.465 e. The molecule has 2 heterocycles. The Morgan fingerprint density at radius 1 is 1.16 bits per heavy atom. The first-order valence-electron chi connectivity index (χ1n) is 11.4. The summed E-state index contributed by atoms with van der Waals surface area (Å²) in [7, 11) is 1.37. The highest BCUT2D eigenvalue weighted by atomic mass is 79.9. The van der Waals surface area contributed by atoms with E-state index >= 15 is 0 Å². The Labute approximate surface area is 202 Å². The van der Waals surface area contributed by atoms with Gasteiger partial charge in [-0.15, -0.1) is 11.3 Å². The van der Waals surface area contributed by atoms with Crippen molar-refractivity contribution >= 4 is 44.8 Å². The molecular formula is C24H30BrNO5S. The van der Waals surface area contributed by atoms with E-state index < -0.39 is 11.8 Å². The van der Waals surface area contributed by atoms with Crippen LogP contribution in [0.25, 0.3) is 0 Å². The number of hydrogen-bond donors (Lipinski definition) is 0. The van der Waals surface area contributed by atoms with Crippen LogP contribution in [0.2, 0.25) is 0 Å². The van der Waals surface area contributed by atoms with Crippen LogP contribution in [0.1, 0.15) is 72.8 Å². The van der Waals surface area contributed by atoms with Crippen molar-refractivity contribution in [3.8, 4) is 10.8 Å². The molecule has 1 aromatic heterocycles. The maximum Gasteiger partial charge on any atom is 0.350 e. The van der Waals surface area contributed by atoms with Gasteiger partial charge in [-0.1, -0.05) is 6.92 Å². The Hall–Kier alpha value is -1.40. The fourth-order valence-corrected chi connectivity index (χ4v) is 6.46. The van der Waals surface area contributed by atoms with Crippen molar-refractivity contribution in [2.45, 2.75) is 70.1 Å². The van der Waals surface area contributed by atoms with Gasteiger partial charge in [-0.05, 0) is 61.3 Å². The molecule has 6 nitrogen and oxygen atoms in total. The van der Waals surface area contributed by atoms with Gasteiger partial charge in [0.25, 0.3) is 0 Å². The van der Waals surface area contributed by atoms with Gasteiger partial charge in [0, 0.05) is 40.7 Å². The Kier molecular flexibility index (Phi) is 7.61. The third-order valence-electron chi connectivity index (χ3n) is 7.01. The number of ether oxygens (including phenoxy) is 3. The summed E-state index contributed by atoms with van der Waals surface area (Å²) in [6, 6.07) is 1.85. The van der Waals surface area contributed by atoms with Gasteiger partial charge >= 0.3 is 5.97 Å². The summed E-state index contributed by atoms with van der Waals surface area (Å²) in [6.45, 7) is 3.50. The molecule has 174 valence electrons. The number of nitrogens with zero attached hydrogens (tertiary/aromatic N) is 1. The second-order valence-corrected chi connectivity index (χ2v) is 10.5. The van der Waals surface area contributed by atoms with E-state index in [9.17, 15) is 9.59 Å². The highest BCUT2D eigenvalue weighted by molar-refractivity contribution is 9.12. The average molecular weight is 524 g/mol. The maximum atomic E-state index is 13.9. The normalized spacial score (nSPS) is 25.2. The molecule has 8 heteroatoms. The lowest BCUT2D eigenvalue weighted by atomic mass is 9.81. The van der Waals surface area contributed by atoms with Crippen LogP contribution in [0, 0.1) is 22.6 Å². The van der Waals surface area contributed by atoms with Crippen molar-refractivity contribution in [3.63, 3.8) is 0 Å². The van der Waals surface area contributed by atoms with Crippen molar-refractivity contribution in [1.29, 1.82) is 0 Å². The molecule has 0 bridgehead atoms. The van der Waals surface area contributed by atoms with Crippen LogP contribution < -0.4 is 4.90 Å². The zero-order valence-corrected chi connectivity index (χ0v) is 21.1. The van der Waals surface area contributed by atoms with Crippen molar-refractivity contribution in [2.24, 2.45) is 11.8 Å². The number of rotatable bonds is 4. The highest BCUT2D eigenvalue weighted by Crippen LogP contribution is 2.42. The lowest BCUT2D eigenvalue weighted by molar-refractivity contribution is -0.179. The van der Waals surface area contributed by atoms with E-state index in [0.717, 1.165) is 56.2 Å². The summed E-state index contributed by atoms with van der Waals surface area (Å²) < 4.78 is 16.9. The van der Waals surface area contributed by atoms with Gasteiger partial charge in [-0.2, -0.15) is 0 Å². The van der Waals surface area contributed by atoms with Gasteiger partial charge in [-0.3, -0.25) is 4.79 Å². The molecule has 4 rings (SSSR count). The Morgan fingerprint density at radius 3 is 2.41 bits per heavy atom. The maximum absolute atomic E-state index is 13.9. The summed E-state index contributed by atoms with van der Waals surface area (Å²) in [5.74, 6) is 2.79. The first-order valence-corrected chi connectivity index (χ1v) is 13.0. The fourth-order valence-electron chi connectivity index (χ4n) is 5.19. The van der Waals surface area contributed by atoms with E-state index in [2.05, 4.69) is 33.6 Å². The van der Waals surface area contributed by atoms with Crippen molar-refractivity contribution in [2.75, 3.05) is 25.2 Å². The first kappa shape index (κ1) is 23.7. The Morgan fingerprint density at radius 2 is 1.81 bits per heavy atom. The predicted molar refractivity (Wildman–Crippen MR) is 127 cm³/mol. The second-order valence-electron chi connectivity index (χ2n) is 9.04. The molecule has 0 N–H and O–H groups in total. The molecule has 1 amide bonds. The molecule has 3 aliphatic rings. The van der Waals surface area contributed by atoms with E-state index in [1.165, 1.54) is 18.4 Å². The molecule has 32 heavy (non-hydrogen) atoms. The number of thiophene rings is 1.